The molecular formula is C14H10N2O3S. The van der Waals surface area contributed by atoms with E-state index in [2.05, 4.69) is 5.32 Å². The number of rotatable bonds is 3. The monoisotopic (exact) mass is 286 g/mol. The van der Waals surface area contributed by atoms with Crippen molar-refractivity contribution in [2.45, 2.75) is 6.92 Å². The first-order valence-electron chi connectivity index (χ1n) is 5.66. The summed E-state index contributed by atoms with van der Waals surface area (Å²) < 4.78 is 0. The molecule has 0 bridgehead atoms. The van der Waals surface area contributed by atoms with Crippen LogP contribution in [0.2, 0.25) is 0 Å². The van der Waals surface area contributed by atoms with E-state index in [0.29, 0.717) is 16.1 Å². The molecule has 0 aliphatic heterocycles. The minimum absolute atomic E-state index is 0.0669. The molecule has 0 fully saturated rings. The van der Waals surface area contributed by atoms with Gasteiger partial charge >= 0.3 is 5.97 Å². The minimum atomic E-state index is -1.09. The molecule has 1 aromatic heterocycles. The Labute approximate surface area is 119 Å². The molecule has 6 heteroatoms. The van der Waals surface area contributed by atoms with Crippen molar-refractivity contribution in [3.05, 3.63) is 51.9 Å². The number of benzene rings is 1. The van der Waals surface area contributed by atoms with E-state index in [1.54, 1.807) is 25.1 Å². The van der Waals surface area contributed by atoms with Crippen LogP contribution in [0.25, 0.3) is 0 Å². The van der Waals surface area contributed by atoms with Crippen LogP contribution in [0.3, 0.4) is 0 Å². The number of carboxylic acids is 1. The number of nitrogens with one attached hydrogen (secondary N) is 1. The van der Waals surface area contributed by atoms with E-state index in [1.165, 1.54) is 23.5 Å². The second kappa shape index (κ2) is 5.55. The van der Waals surface area contributed by atoms with E-state index in [0.717, 1.165) is 4.88 Å². The SMILES string of the molecule is Cc1cc(C(=O)O)c(NC(=O)c2cccc(C#N)c2)s1. The summed E-state index contributed by atoms with van der Waals surface area (Å²) in [4.78, 5) is 23.9. The Kier molecular flexibility index (Phi) is 3.82. The molecule has 0 aliphatic rings. The van der Waals surface area contributed by atoms with Crippen molar-refractivity contribution in [3.8, 4) is 6.07 Å². The topological polar surface area (TPSA) is 90.2 Å². The largest absolute Gasteiger partial charge is 0.478 e. The number of hydrogen-bond acceptors (Lipinski definition) is 4. The maximum absolute atomic E-state index is 12.1. The van der Waals surface area contributed by atoms with Crippen molar-refractivity contribution < 1.29 is 14.7 Å². The molecule has 0 aliphatic carbocycles. The highest BCUT2D eigenvalue weighted by atomic mass is 32.1. The molecule has 1 amide bonds. The van der Waals surface area contributed by atoms with Crippen LogP contribution in [0.15, 0.2) is 30.3 Å². The number of hydrogen-bond donors (Lipinski definition) is 2. The maximum atomic E-state index is 12.1. The van der Waals surface area contributed by atoms with Crippen LogP contribution >= 0.6 is 11.3 Å². The molecule has 0 atom stereocenters. The second-order valence-electron chi connectivity index (χ2n) is 4.05. The summed E-state index contributed by atoms with van der Waals surface area (Å²) >= 11 is 1.20. The molecule has 1 heterocycles. The molecule has 20 heavy (non-hydrogen) atoms. The van der Waals surface area contributed by atoms with Gasteiger partial charge in [0.05, 0.1) is 17.2 Å². The van der Waals surface area contributed by atoms with E-state index in [-0.39, 0.29) is 5.56 Å². The number of amides is 1. The lowest BCUT2D eigenvalue weighted by molar-refractivity contribution is 0.0698. The lowest BCUT2D eigenvalue weighted by Crippen LogP contribution is -2.13. The Hall–Kier alpha value is -2.65. The van der Waals surface area contributed by atoms with Crippen molar-refractivity contribution in [1.29, 1.82) is 5.26 Å². The highest BCUT2D eigenvalue weighted by Gasteiger charge is 2.16. The van der Waals surface area contributed by atoms with Crippen LogP contribution < -0.4 is 5.32 Å². The highest BCUT2D eigenvalue weighted by Crippen LogP contribution is 2.28. The van der Waals surface area contributed by atoms with E-state index < -0.39 is 11.9 Å². The van der Waals surface area contributed by atoms with Gasteiger partial charge in [0.2, 0.25) is 0 Å². The Morgan fingerprint density at radius 3 is 2.75 bits per heavy atom. The fourth-order valence-electron chi connectivity index (χ4n) is 1.67. The Balaban J connectivity index is 2.28. The number of nitrogens with zero attached hydrogens (tertiary/aromatic N) is 1. The van der Waals surface area contributed by atoms with Crippen molar-refractivity contribution in [3.63, 3.8) is 0 Å². The first-order chi connectivity index (χ1) is 9.51. The second-order valence-corrected chi connectivity index (χ2v) is 5.31. The van der Waals surface area contributed by atoms with Crippen LogP contribution in [0, 0.1) is 18.3 Å². The number of carbonyl (C=O) groups is 2. The summed E-state index contributed by atoms with van der Waals surface area (Å²) in [5.74, 6) is -1.53. The predicted octanol–water partition coefficient (Wildman–Crippen LogP) is 2.88. The first kappa shape index (κ1) is 13.8. The molecule has 100 valence electrons. The van der Waals surface area contributed by atoms with Gasteiger partial charge in [-0.2, -0.15) is 5.26 Å². The molecule has 0 unspecified atom stereocenters. The average molecular weight is 286 g/mol. The molecule has 1 aromatic carbocycles. The summed E-state index contributed by atoms with van der Waals surface area (Å²) in [7, 11) is 0. The third-order valence-electron chi connectivity index (χ3n) is 2.57. The van der Waals surface area contributed by atoms with E-state index >= 15 is 0 Å². The van der Waals surface area contributed by atoms with Gasteiger partial charge in [0, 0.05) is 10.4 Å². The quantitative estimate of drug-likeness (QED) is 0.907. The molecule has 0 saturated heterocycles. The van der Waals surface area contributed by atoms with Crippen molar-refractivity contribution in [2.75, 3.05) is 5.32 Å². The molecule has 0 spiro atoms. The number of aryl methyl sites for hydroxylation is 1. The van der Waals surface area contributed by atoms with Gasteiger partial charge in [0.15, 0.2) is 0 Å². The molecule has 2 N–H and O–H groups in total. The van der Waals surface area contributed by atoms with Crippen molar-refractivity contribution >= 4 is 28.2 Å². The fraction of sp³-hybridized carbons (Fsp3) is 0.0714. The third kappa shape index (κ3) is 2.84. The number of aromatic carboxylic acids is 1. The minimum Gasteiger partial charge on any atom is -0.478 e. The highest BCUT2D eigenvalue weighted by molar-refractivity contribution is 7.16. The molecule has 0 radical (unpaired) electrons. The van der Waals surface area contributed by atoms with Gasteiger partial charge in [0.1, 0.15) is 5.00 Å². The third-order valence-corrected chi connectivity index (χ3v) is 3.53. The van der Waals surface area contributed by atoms with Gasteiger partial charge in [-0.15, -0.1) is 11.3 Å². The Bertz CT molecular complexity index is 728. The Morgan fingerprint density at radius 1 is 1.35 bits per heavy atom. The molecule has 2 rings (SSSR count). The van der Waals surface area contributed by atoms with Gasteiger partial charge in [-0.25, -0.2) is 4.79 Å². The standard InChI is InChI=1S/C14H10N2O3S/c1-8-5-11(14(18)19)13(20-8)16-12(17)10-4-2-3-9(6-10)7-15/h2-6H,1H3,(H,16,17)(H,18,19). The van der Waals surface area contributed by atoms with Crippen molar-refractivity contribution in [1.82, 2.24) is 0 Å². The molecule has 0 saturated carbocycles. The van der Waals surface area contributed by atoms with Crippen molar-refractivity contribution in [2.24, 2.45) is 0 Å². The zero-order valence-corrected chi connectivity index (χ0v) is 11.3. The maximum Gasteiger partial charge on any atom is 0.338 e. The number of nitriles is 1. The van der Waals surface area contributed by atoms with Crippen LogP contribution in [0.4, 0.5) is 5.00 Å². The van der Waals surface area contributed by atoms with E-state index in [1.807, 2.05) is 6.07 Å². The lowest BCUT2D eigenvalue weighted by Gasteiger charge is -2.04. The molecule has 2 aromatic rings. The zero-order chi connectivity index (χ0) is 14.7. The number of carbonyl (C=O) groups excluding carboxylic acids is 1. The first-order valence-corrected chi connectivity index (χ1v) is 6.48. The van der Waals surface area contributed by atoms with E-state index in [4.69, 9.17) is 10.4 Å². The summed E-state index contributed by atoms with van der Waals surface area (Å²) in [6.45, 7) is 1.77. The summed E-state index contributed by atoms with van der Waals surface area (Å²) in [6, 6.07) is 9.67. The normalized spacial score (nSPS) is 9.80. The molecule has 5 nitrogen and oxygen atoms in total. The van der Waals surface area contributed by atoms with E-state index in [9.17, 15) is 9.59 Å². The zero-order valence-electron chi connectivity index (χ0n) is 10.5. The van der Waals surface area contributed by atoms with Crippen LogP contribution in [0.1, 0.15) is 31.2 Å². The van der Waals surface area contributed by atoms with Gasteiger partial charge in [-0.1, -0.05) is 6.07 Å². The lowest BCUT2D eigenvalue weighted by atomic mass is 10.1. The van der Waals surface area contributed by atoms with Gasteiger partial charge < -0.3 is 10.4 Å². The summed E-state index contributed by atoms with van der Waals surface area (Å²) in [6.07, 6.45) is 0. The van der Waals surface area contributed by atoms with Gasteiger partial charge in [0.25, 0.3) is 5.91 Å². The van der Waals surface area contributed by atoms with Crippen LogP contribution in [0.5, 0.6) is 0 Å². The van der Waals surface area contributed by atoms with Crippen LogP contribution in [-0.2, 0) is 0 Å². The van der Waals surface area contributed by atoms with Gasteiger partial charge in [-0.05, 0) is 31.2 Å². The average Bonchev–Trinajstić information content (AvgIpc) is 2.80. The Morgan fingerprint density at radius 2 is 2.10 bits per heavy atom. The number of thiophene rings is 1. The summed E-state index contributed by atoms with van der Waals surface area (Å²) in [5, 5.41) is 20.7. The number of carboxylic acid groups (broad SMARTS) is 1. The molecular weight excluding hydrogens is 276 g/mol. The van der Waals surface area contributed by atoms with Crippen LogP contribution in [-0.4, -0.2) is 17.0 Å². The fourth-order valence-corrected chi connectivity index (χ4v) is 2.57. The predicted molar refractivity (Wildman–Crippen MR) is 75.1 cm³/mol. The summed E-state index contributed by atoms with van der Waals surface area (Å²) in [5.41, 5.74) is 0.752. The van der Waals surface area contributed by atoms with Gasteiger partial charge in [-0.3, -0.25) is 4.79 Å². The number of anilines is 1. The smallest absolute Gasteiger partial charge is 0.338 e.